The molecule has 0 radical (unpaired) electrons. The SMILES string of the molecule is CC1=C(c2ccc(NC(=O)C(C)C)cc2)N2C(=N[C@@H]3CCCC[C@@H]32)S1. The van der Waals surface area contributed by atoms with Gasteiger partial charge in [-0.15, -0.1) is 0 Å². The van der Waals surface area contributed by atoms with Gasteiger partial charge in [0.25, 0.3) is 0 Å². The number of fused-ring (bicyclic) bond motifs is 3. The highest BCUT2D eigenvalue weighted by molar-refractivity contribution is 8.17. The van der Waals surface area contributed by atoms with Gasteiger partial charge in [0, 0.05) is 16.5 Å². The lowest BCUT2D eigenvalue weighted by atomic mass is 9.90. The van der Waals surface area contributed by atoms with Crippen molar-refractivity contribution in [2.75, 3.05) is 5.32 Å². The number of allylic oxidation sites excluding steroid dienone is 1. The van der Waals surface area contributed by atoms with Gasteiger partial charge < -0.3 is 10.2 Å². The lowest BCUT2D eigenvalue weighted by Gasteiger charge is -2.32. The standard InChI is InChI=1S/C20H25N3OS/c1-12(2)19(24)21-15-10-8-14(9-11-15)18-13(3)25-20-22-16-6-4-5-7-17(16)23(18)20/h8-12,16-17H,4-7H2,1-3H3,(H,21,24)/t16-,17+/m1/s1. The molecule has 0 aromatic heterocycles. The number of aliphatic imine (C=N–C) groups is 1. The number of rotatable bonds is 3. The summed E-state index contributed by atoms with van der Waals surface area (Å²) < 4.78 is 0. The smallest absolute Gasteiger partial charge is 0.226 e. The molecule has 4 rings (SSSR count). The molecule has 2 heterocycles. The van der Waals surface area contributed by atoms with E-state index in [9.17, 15) is 4.79 Å². The predicted molar refractivity (Wildman–Crippen MR) is 105 cm³/mol. The van der Waals surface area contributed by atoms with Gasteiger partial charge in [0.05, 0.1) is 17.8 Å². The average molecular weight is 356 g/mol. The molecule has 1 aromatic carbocycles. The molecule has 1 aliphatic carbocycles. The van der Waals surface area contributed by atoms with Crippen LogP contribution in [0, 0.1) is 5.92 Å². The Hall–Kier alpha value is -1.75. The minimum absolute atomic E-state index is 0.0116. The summed E-state index contributed by atoms with van der Waals surface area (Å²) in [5.74, 6) is 0.0426. The second-order valence-electron chi connectivity index (χ2n) is 7.43. The second-order valence-corrected chi connectivity index (χ2v) is 8.61. The van der Waals surface area contributed by atoms with E-state index < -0.39 is 0 Å². The van der Waals surface area contributed by atoms with E-state index in [1.165, 1.54) is 47.0 Å². The van der Waals surface area contributed by atoms with Crippen molar-refractivity contribution in [3.05, 3.63) is 34.7 Å². The van der Waals surface area contributed by atoms with Gasteiger partial charge in [-0.05, 0) is 37.5 Å². The summed E-state index contributed by atoms with van der Waals surface area (Å²) in [7, 11) is 0. The number of nitrogens with one attached hydrogen (secondary N) is 1. The van der Waals surface area contributed by atoms with Gasteiger partial charge in [-0.25, -0.2) is 0 Å². The summed E-state index contributed by atoms with van der Waals surface area (Å²) in [5, 5.41) is 4.15. The molecule has 0 bridgehead atoms. The van der Waals surface area contributed by atoms with Gasteiger partial charge in [0.15, 0.2) is 5.17 Å². The molecule has 0 spiro atoms. The van der Waals surface area contributed by atoms with E-state index in [-0.39, 0.29) is 11.8 Å². The number of hydrogen-bond acceptors (Lipinski definition) is 4. The topological polar surface area (TPSA) is 44.7 Å². The summed E-state index contributed by atoms with van der Waals surface area (Å²) in [6.45, 7) is 6.00. The highest BCUT2D eigenvalue weighted by atomic mass is 32.2. The first-order valence-electron chi connectivity index (χ1n) is 9.21. The summed E-state index contributed by atoms with van der Waals surface area (Å²) in [6.07, 6.45) is 5.06. The molecule has 1 N–H and O–H groups in total. The first-order valence-corrected chi connectivity index (χ1v) is 10.0. The first kappa shape index (κ1) is 16.7. The zero-order valence-electron chi connectivity index (χ0n) is 15.1. The lowest BCUT2D eigenvalue weighted by Crippen LogP contribution is -2.38. The molecule has 4 nitrogen and oxygen atoms in total. The van der Waals surface area contributed by atoms with Crippen molar-refractivity contribution in [3.8, 4) is 0 Å². The van der Waals surface area contributed by atoms with E-state index >= 15 is 0 Å². The fourth-order valence-electron chi connectivity index (χ4n) is 3.92. The molecule has 1 amide bonds. The Morgan fingerprint density at radius 1 is 1.24 bits per heavy atom. The zero-order chi connectivity index (χ0) is 17.6. The summed E-state index contributed by atoms with van der Waals surface area (Å²) >= 11 is 1.81. The van der Waals surface area contributed by atoms with Crippen LogP contribution in [0.25, 0.3) is 5.70 Å². The number of nitrogens with zero attached hydrogens (tertiary/aromatic N) is 2. The Bertz CT molecular complexity index is 751. The van der Waals surface area contributed by atoms with Crippen LogP contribution in [0.1, 0.15) is 52.0 Å². The maximum absolute atomic E-state index is 11.9. The molecule has 1 saturated carbocycles. The summed E-state index contributed by atoms with van der Waals surface area (Å²) in [4.78, 5) is 20.6. The number of hydrogen-bond donors (Lipinski definition) is 1. The molecular formula is C20H25N3OS. The summed E-state index contributed by atoms with van der Waals surface area (Å²) in [6, 6.07) is 9.25. The highest BCUT2D eigenvalue weighted by Gasteiger charge is 2.43. The van der Waals surface area contributed by atoms with E-state index in [0.29, 0.717) is 12.1 Å². The van der Waals surface area contributed by atoms with Crippen molar-refractivity contribution in [2.24, 2.45) is 10.9 Å². The van der Waals surface area contributed by atoms with Gasteiger partial charge in [0.1, 0.15) is 0 Å². The molecule has 1 aromatic rings. The fourth-order valence-corrected chi connectivity index (χ4v) is 5.02. The normalized spacial score (nSPS) is 25.1. The van der Waals surface area contributed by atoms with Crippen LogP contribution in [-0.2, 0) is 4.79 Å². The van der Waals surface area contributed by atoms with E-state index in [0.717, 1.165) is 5.69 Å². The highest BCUT2D eigenvalue weighted by Crippen LogP contribution is 2.47. The van der Waals surface area contributed by atoms with Gasteiger partial charge >= 0.3 is 0 Å². The number of carbonyl (C=O) groups is 1. The summed E-state index contributed by atoms with van der Waals surface area (Å²) in [5.41, 5.74) is 3.38. The van der Waals surface area contributed by atoms with E-state index in [1.54, 1.807) is 0 Å². The fraction of sp³-hybridized carbons (Fsp3) is 0.500. The molecule has 0 unspecified atom stereocenters. The molecule has 0 saturated heterocycles. The minimum atomic E-state index is -0.0116. The average Bonchev–Trinajstić information content (AvgIpc) is 3.10. The van der Waals surface area contributed by atoms with Crippen molar-refractivity contribution < 1.29 is 4.79 Å². The number of carbonyl (C=O) groups excluding carboxylic acids is 1. The van der Waals surface area contributed by atoms with Crippen LogP contribution < -0.4 is 5.32 Å². The molecule has 1 fully saturated rings. The largest absolute Gasteiger partial charge is 0.326 e. The molecule has 5 heteroatoms. The Labute approximate surface area is 153 Å². The Morgan fingerprint density at radius 2 is 1.96 bits per heavy atom. The maximum Gasteiger partial charge on any atom is 0.226 e. The van der Waals surface area contributed by atoms with Crippen LogP contribution in [0.5, 0.6) is 0 Å². The number of thioether (sulfide) groups is 1. The molecule has 2 atom stereocenters. The molecule has 25 heavy (non-hydrogen) atoms. The van der Waals surface area contributed by atoms with E-state index in [4.69, 9.17) is 4.99 Å². The Balaban J connectivity index is 1.58. The maximum atomic E-state index is 11.9. The molecule has 132 valence electrons. The van der Waals surface area contributed by atoms with Crippen LogP contribution in [0.15, 0.2) is 34.2 Å². The zero-order valence-corrected chi connectivity index (χ0v) is 15.9. The molecule has 3 aliphatic rings. The third-order valence-electron chi connectivity index (χ3n) is 5.28. The van der Waals surface area contributed by atoms with Crippen molar-refractivity contribution in [2.45, 2.75) is 58.5 Å². The van der Waals surface area contributed by atoms with Crippen LogP contribution >= 0.6 is 11.8 Å². The molecular weight excluding hydrogens is 330 g/mol. The van der Waals surface area contributed by atoms with Gasteiger partial charge in [-0.3, -0.25) is 9.79 Å². The van der Waals surface area contributed by atoms with E-state index in [1.807, 2.05) is 37.7 Å². The first-order chi connectivity index (χ1) is 12.0. The Kier molecular flexibility index (Phi) is 4.36. The second kappa shape index (κ2) is 6.52. The van der Waals surface area contributed by atoms with Gasteiger partial charge in [-0.2, -0.15) is 0 Å². The van der Waals surface area contributed by atoms with Gasteiger partial charge in [0.2, 0.25) is 5.91 Å². The van der Waals surface area contributed by atoms with Crippen molar-refractivity contribution in [1.82, 2.24) is 4.90 Å². The van der Waals surface area contributed by atoms with Gasteiger partial charge in [-0.1, -0.05) is 50.6 Å². The van der Waals surface area contributed by atoms with Crippen molar-refractivity contribution in [1.29, 1.82) is 0 Å². The third-order valence-corrected chi connectivity index (χ3v) is 6.26. The van der Waals surface area contributed by atoms with Crippen LogP contribution in [0.2, 0.25) is 0 Å². The minimum Gasteiger partial charge on any atom is -0.326 e. The van der Waals surface area contributed by atoms with Crippen molar-refractivity contribution >= 4 is 34.2 Å². The van der Waals surface area contributed by atoms with E-state index in [2.05, 4.69) is 29.3 Å². The quantitative estimate of drug-likeness (QED) is 0.855. The molecule has 2 aliphatic heterocycles. The number of anilines is 1. The number of amides is 1. The number of amidine groups is 1. The Morgan fingerprint density at radius 3 is 2.68 bits per heavy atom. The monoisotopic (exact) mass is 355 g/mol. The van der Waals surface area contributed by atoms with Crippen LogP contribution in [0.3, 0.4) is 0 Å². The van der Waals surface area contributed by atoms with Crippen LogP contribution in [0.4, 0.5) is 5.69 Å². The lowest BCUT2D eigenvalue weighted by molar-refractivity contribution is -0.118. The number of benzene rings is 1. The third kappa shape index (κ3) is 2.99. The van der Waals surface area contributed by atoms with Crippen molar-refractivity contribution in [3.63, 3.8) is 0 Å². The van der Waals surface area contributed by atoms with Crippen LogP contribution in [-0.4, -0.2) is 28.1 Å². The predicted octanol–water partition coefficient (Wildman–Crippen LogP) is 4.70.